The summed E-state index contributed by atoms with van der Waals surface area (Å²) < 4.78 is 35.3. The van der Waals surface area contributed by atoms with Crippen LogP contribution < -0.4 is 24.6 Å². The third kappa shape index (κ3) is 6.54. The van der Waals surface area contributed by atoms with Crippen LogP contribution >= 0.6 is 11.6 Å². The van der Waals surface area contributed by atoms with Crippen LogP contribution in [-0.4, -0.2) is 53.5 Å². The monoisotopic (exact) mass is 542 g/mol. The molecule has 2 N–H and O–H groups in total. The molecular formula is C27H31ClN4O4S. The highest BCUT2D eigenvalue weighted by atomic mass is 35.5. The Labute approximate surface area is 223 Å². The van der Waals surface area contributed by atoms with Crippen LogP contribution in [0.3, 0.4) is 0 Å². The maximum atomic E-state index is 13.6. The largest absolute Gasteiger partial charge is 0.497 e. The predicted octanol–water partition coefficient (Wildman–Crippen LogP) is 4.24. The topological polar surface area (TPSA) is 91.0 Å². The van der Waals surface area contributed by atoms with Crippen LogP contribution in [0.25, 0.3) is 0 Å². The van der Waals surface area contributed by atoms with E-state index in [0.717, 1.165) is 30.1 Å². The van der Waals surface area contributed by atoms with E-state index in [1.54, 1.807) is 26.2 Å². The van der Waals surface area contributed by atoms with E-state index < -0.39 is 22.0 Å². The lowest BCUT2D eigenvalue weighted by Gasteiger charge is -2.38. The van der Waals surface area contributed by atoms with Gasteiger partial charge in [0.05, 0.1) is 12.8 Å². The van der Waals surface area contributed by atoms with Crippen molar-refractivity contribution in [2.24, 2.45) is 0 Å². The van der Waals surface area contributed by atoms with Crippen molar-refractivity contribution in [3.63, 3.8) is 0 Å². The van der Waals surface area contributed by atoms with E-state index in [9.17, 15) is 13.2 Å². The Balaban J connectivity index is 1.58. The second-order valence-electron chi connectivity index (χ2n) is 8.79. The van der Waals surface area contributed by atoms with E-state index in [-0.39, 0.29) is 10.8 Å². The quantitative estimate of drug-likeness (QED) is 0.393. The molecular weight excluding hydrogens is 512 g/mol. The lowest BCUT2D eigenvalue weighted by atomic mass is 10.1. The summed E-state index contributed by atoms with van der Waals surface area (Å²) in [5.41, 5.74) is 2.91. The third-order valence-electron chi connectivity index (χ3n) is 6.34. The molecule has 0 bridgehead atoms. The van der Waals surface area contributed by atoms with Gasteiger partial charge in [-0.25, -0.2) is 13.1 Å². The number of alkyl halides is 1. The molecule has 0 aromatic heterocycles. The van der Waals surface area contributed by atoms with Gasteiger partial charge in [0.2, 0.25) is 15.9 Å². The van der Waals surface area contributed by atoms with Crippen molar-refractivity contribution >= 4 is 44.6 Å². The van der Waals surface area contributed by atoms with Crippen molar-refractivity contribution in [3.8, 4) is 5.75 Å². The van der Waals surface area contributed by atoms with Crippen molar-refractivity contribution in [3.05, 3.63) is 78.4 Å². The second kappa shape index (κ2) is 11.9. The van der Waals surface area contributed by atoms with Gasteiger partial charge < -0.3 is 19.9 Å². The molecule has 10 heteroatoms. The zero-order valence-corrected chi connectivity index (χ0v) is 22.4. The number of sulfonamides is 1. The highest BCUT2D eigenvalue weighted by Gasteiger charge is 2.27. The van der Waals surface area contributed by atoms with Crippen LogP contribution in [0.1, 0.15) is 18.5 Å². The lowest BCUT2D eigenvalue weighted by molar-refractivity contribution is -0.113. The fourth-order valence-electron chi connectivity index (χ4n) is 4.37. The number of benzene rings is 3. The number of ether oxygens (including phenoxy) is 1. The molecule has 4 rings (SSSR count). The molecule has 0 radical (unpaired) electrons. The van der Waals surface area contributed by atoms with Gasteiger partial charge in [0.1, 0.15) is 16.5 Å². The molecule has 1 heterocycles. The summed E-state index contributed by atoms with van der Waals surface area (Å²) in [5.74, 6) is 0.174. The molecule has 196 valence electrons. The summed E-state index contributed by atoms with van der Waals surface area (Å²) in [4.78, 5) is 16.3. The van der Waals surface area contributed by atoms with E-state index in [4.69, 9.17) is 16.3 Å². The van der Waals surface area contributed by atoms with Crippen LogP contribution in [0.4, 0.5) is 17.1 Å². The Bertz CT molecular complexity index is 1310. The molecule has 1 aliphatic rings. The van der Waals surface area contributed by atoms with Crippen LogP contribution in [0.5, 0.6) is 5.75 Å². The first-order valence-corrected chi connectivity index (χ1v) is 14.0. The predicted molar refractivity (Wildman–Crippen MR) is 148 cm³/mol. The number of hydrogen-bond donors (Lipinski definition) is 2. The van der Waals surface area contributed by atoms with Gasteiger partial charge in [0.25, 0.3) is 0 Å². The van der Waals surface area contributed by atoms with Crippen molar-refractivity contribution in [2.45, 2.75) is 17.9 Å². The Morgan fingerprint density at radius 3 is 2.24 bits per heavy atom. The highest BCUT2D eigenvalue weighted by molar-refractivity contribution is 7.89. The molecule has 1 amide bonds. The Morgan fingerprint density at radius 1 is 0.973 bits per heavy atom. The smallest absolute Gasteiger partial charge is 0.243 e. The van der Waals surface area contributed by atoms with Gasteiger partial charge in [-0.15, -0.1) is 11.6 Å². The van der Waals surface area contributed by atoms with Gasteiger partial charge in [-0.2, -0.15) is 0 Å². The number of nitrogens with one attached hydrogen (secondary N) is 2. The molecule has 0 unspecified atom stereocenters. The number of carbonyl (C=O) groups excluding carboxylic acids is 1. The molecule has 3 aromatic rings. The summed E-state index contributed by atoms with van der Waals surface area (Å²) in [6, 6.07) is 21.8. The minimum Gasteiger partial charge on any atom is -0.497 e. The number of hydrogen-bond acceptors (Lipinski definition) is 6. The second-order valence-corrected chi connectivity index (χ2v) is 10.7. The maximum Gasteiger partial charge on any atom is 0.243 e. The zero-order valence-electron chi connectivity index (χ0n) is 20.9. The molecule has 3 aromatic carbocycles. The van der Waals surface area contributed by atoms with E-state index in [1.165, 1.54) is 6.07 Å². The molecule has 8 nitrogen and oxygen atoms in total. The molecule has 1 saturated heterocycles. The van der Waals surface area contributed by atoms with Crippen LogP contribution in [0.2, 0.25) is 0 Å². The minimum absolute atomic E-state index is 0.112. The Kier molecular flexibility index (Phi) is 8.58. The average molecular weight is 543 g/mol. The number of halogens is 1. The van der Waals surface area contributed by atoms with Crippen molar-refractivity contribution in [1.82, 2.24) is 4.72 Å². The van der Waals surface area contributed by atoms with Gasteiger partial charge in [0, 0.05) is 43.6 Å². The van der Waals surface area contributed by atoms with Gasteiger partial charge >= 0.3 is 0 Å². The maximum absolute atomic E-state index is 13.6. The van der Waals surface area contributed by atoms with Gasteiger partial charge in [0.15, 0.2) is 0 Å². The van der Waals surface area contributed by atoms with Gasteiger partial charge in [-0.1, -0.05) is 30.3 Å². The fraction of sp³-hybridized carbons (Fsp3) is 0.296. The SMILES string of the molecule is COc1ccc(N2CCN(c3ccc(NC(=O)CCl)cc3S(=O)(=O)N[C@@H](C)c3ccccc3)CC2)cc1. The lowest BCUT2D eigenvalue weighted by Crippen LogP contribution is -2.47. The summed E-state index contributed by atoms with van der Waals surface area (Å²) in [6.45, 7) is 4.53. The van der Waals surface area contributed by atoms with Gasteiger partial charge in [-0.05, 0) is 55.0 Å². The molecule has 1 aliphatic heterocycles. The summed E-state index contributed by atoms with van der Waals surface area (Å²) in [7, 11) is -2.29. The molecule has 1 fully saturated rings. The van der Waals surface area contributed by atoms with Crippen molar-refractivity contribution in [1.29, 1.82) is 0 Å². The van der Waals surface area contributed by atoms with E-state index in [1.807, 2.05) is 54.6 Å². The first kappa shape index (κ1) is 26.8. The number of carbonyl (C=O) groups is 1. The summed E-state index contributed by atoms with van der Waals surface area (Å²) >= 11 is 5.64. The zero-order chi connectivity index (χ0) is 26.4. The first-order valence-electron chi connectivity index (χ1n) is 12.0. The molecule has 37 heavy (non-hydrogen) atoms. The van der Waals surface area contributed by atoms with E-state index >= 15 is 0 Å². The number of methoxy groups -OCH3 is 1. The molecule has 1 atom stereocenters. The van der Waals surface area contributed by atoms with Crippen molar-refractivity contribution < 1.29 is 17.9 Å². The number of anilines is 3. The van der Waals surface area contributed by atoms with Crippen LogP contribution in [-0.2, 0) is 14.8 Å². The first-order chi connectivity index (χ1) is 17.8. The molecule has 0 aliphatic carbocycles. The highest BCUT2D eigenvalue weighted by Crippen LogP contribution is 2.31. The van der Waals surface area contributed by atoms with Gasteiger partial charge in [-0.3, -0.25) is 4.79 Å². The normalized spacial score (nSPS) is 14.8. The molecule has 0 saturated carbocycles. The van der Waals surface area contributed by atoms with Crippen LogP contribution in [0, 0.1) is 0 Å². The number of nitrogens with zero attached hydrogens (tertiary/aromatic N) is 2. The molecule has 0 spiro atoms. The van der Waals surface area contributed by atoms with E-state index in [0.29, 0.717) is 24.5 Å². The summed E-state index contributed by atoms with van der Waals surface area (Å²) in [5, 5.41) is 2.66. The van der Waals surface area contributed by atoms with E-state index in [2.05, 4.69) is 19.8 Å². The Hall–Kier alpha value is -3.27. The third-order valence-corrected chi connectivity index (χ3v) is 8.16. The number of piperazine rings is 1. The summed E-state index contributed by atoms with van der Waals surface area (Å²) in [6.07, 6.45) is 0. The van der Waals surface area contributed by atoms with Crippen LogP contribution in [0.15, 0.2) is 77.7 Å². The standard InChI is InChI=1S/C27H31ClN4O4S/c1-20(21-6-4-3-5-7-21)30-37(34,35)26-18-22(29-27(33)19-28)8-13-25(26)32-16-14-31(15-17-32)23-9-11-24(36-2)12-10-23/h3-13,18,20,30H,14-17,19H2,1-2H3,(H,29,33)/t20-/m0/s1. The van der Waals surface area contributed by atoms with Crippen molar-refractivity contribution in [2.75, 3.05) is 54.3 Å². The Morgan fingerprint density at radius 2 is 1.62 bits per heavy atom. The average Bonchev–Trinajstić information content (AvgIpc) is 2.93. The number of amides is 1. The minimum atomic E-state index is -3.93. The fourth-order valence-corrected chi connectivity index (χ4v) is 5.92. The number of rotatable bonds is 9.